The van der Waals surface area contributed by atoms with Crippen LogP contribution in [0.2, 0.25) is 0 Å². The van der Waals surface area contributed by atoms with Crippen LogP contribution in [0.1, 0.15) is 23.9 Å². The van der Waals surface area contributed by atoms with Gasteiger partial charge < -0.3 is 25.1 Å². The molecule has 21 heavy (non-hydrogen) atoms. The highest BCUT2D eigenvalue weighted by Crippen LogP contribution is 1.98. The molecule has 7 heteroatoms. The number of guanidine groups is 1. The predicted molar refractivity (Wildman–Crippen MR) is 81.5 cm³/mol. The Morgan fingerprint density at radius 1 is 1.29 bits per heavy atom. The average molecular weight is 296 g/mol. The largest absolute Gasteiger partial charge is 0.459 e. The molecule has 0 bridgehead atoms. The standard InChI is InChI=1S/C14H24N4O3/c1-3-20-10-5-7-17-14(15-2)18-9-8-16-13(19)12-6-4-11-21-12/h4,6,11H,3,5,7-10H2,1-2H3,(H,16,19)(H2,15,17,18). The van der Waals surface area contributed by atoms with E-state index < -0.39 is 0 Å². The van der Waals surface area contributed by atoms with Crippen LogP contribution in [0.3, 0.4) is 0 Å². The Hall–Kier alpha value is -2.02. The summed E-state index contributed by atoms with van der Waals surface area (Å²) < 4.78 is 10.3. The number of ether oxygens (including phenoxy) is 1. The van der Waals surface area contributed by atoms with Gasteiger partial charge in [0.25, 0.3) is 5.91 Å². The Morgan fingerprint density at radius 2 is 2.05 bits per heavy atom. The fourth-order valence-corrected chi connectivity index (χ4v) is 1.60. The fraction of sp³-hybridized carbons (Fsp3) is 0.571. The number of rotatable bonds is 9. The first-order valence-corrected chi connectivity index (χ1v) is 7.12. The summed E-state index contributed by atoms with van der Waals surface area (Å²) in [5, 5.41) is 9.04. The lowest BCUT2D eigenvalue weighted by atomic mass is 10.4. The molecular weight excluding hydrogens is 272 g/mol. The SMILES string of the molecule is CCOCCCNC(=NC)NCCNC(=O)c1ccco1. The van der Waals surface area contributed by atoms with Crippen LogP contribution < -0.4 is 16.0 Å². The number of nitrogens with one attached hydrogen (secondary N) is 3. The maximum absolute atomic E-state index is 11.6. The van der Waals surface area contributed by atoms with Crippen molar-refractivity contribution in [1.29, 1.82) is 0 Å². The zero-order chi connectivity index (χ0) is 15.3. The van der Waals surface area contributed by atoms with E-state index in [0.717, 1.165) is 26.2 Å². The molecule has 0 aliphatic heterocycles. The number of carbonyl (C=O) groups is 1. The van der Waals surface area contributed by atoms with Crippen molar-refractivity contribution in [2.24, 2.45) is 4.99 Å². The van der Waals surface area contributed by atoms with Gasteiger partial charge in [-0.2, -0.15) is 0 Å². The van der Waals surface area contributed by atoms with Crippen LogP contribution in [0, 0.1) is 0 Å². The number of hydrogen-bond donors (Lipinski definition) is 3. The van der Waals surface area contributed by atoms with Crippen LogP contribution >= 0.6 is 0 Å². The number of nitrogens with zero attached hydrogens (tertiary/aromatic N) is 1. The molecule has 118 valence electrons. The lowest BCUT2D eigenvalue weighted by Crippen LogP contribution is -2.41. The molecule has 0 aliphatic rings. The molecule has 1 rings (SSSR count). The van der Waals surface area contributed by atoms with Crippen molar-refractivity contribution >= 4 is 11.9 Å². The van der Waals surface area contributed by atoms with E-state index in [2.05, 4.69) is 20.9 Å². The molecule has 7 nitrogen and oxygen atoms in total. The Kier molecular flexibility index (Phi) is 8.70. The summed E-state index contributed by atoms with van der Waals surface area (Å²) in [5.74, 6) is 0.800. The summed E-state index contributed by atoms with van der Waals surface area (Å²) >= 11 is 0. The molecule has 0 fully saturated rings. The van der Waals surface area contributed by atoms with E-state index in [0.29, 0.717) is 24.8 Å². The molecule has 1 aromatic heterocycles. The molecule has 1 aromatic rings. The van der Waals surface area contributed by atoms with Crippen LogP contribution in [-0.4, -0.2) is 51.8 Å². The average Bonchev–Trinajstić information content (AvgIpc) is 3.03. The third-order valence-corrected chi connectivity index (χ3v) is 2.63. The number of carbonyl (C=O) groups excluding carboxylic acids is 1. The van der Waals surface area contributed by atoms with Gasteiger partial charge in [-0.05, 0) is 25.5 Å². The van der Waals surface area contributed by atoms with E-state index in [1.165, 1.54) is 6.26 Å². The second kappa shape index (κ2) is 10.7. The molecule has 0 spiro atoms. The quantitative estimate of drug-likeness (QED) is 0.353. The van der Waals surface area contributed by atoms with Gasteiger partial charge in [-0.3, -0.25) is 9.79 Å². The van der Waals surface area contributed by atoms with Crippen LogP contribution in [0.4, 0.5) is 0 Å². The van der Waals surface area contributed by atoms with E-state index in [4.69, 9.17) is 9.15 Å². The van der Waals surface area contributed by atoms with Crippen molar-refractivity contribution in [3.63, 3.8) is 0 Å². The Bertz CT molecular complexity index is 418. The van der Waals surface area contributed by atoms with Crippen molar-refractivity contribution in [3.8, 4) is 0 Å². The van der Waals surface area contributed by atoms with Crippen LogP contribution in [0.15, 0.2) is 27.8 Å². The van der Waals surface area contributed by atoms with E-state index in [-0.39, 0.29) is 5.91 Å². The third kappa shape index (κ3) is 7.36. The van der Waals surface area contributed by atoms with Crippen molar-refractivity contribution < 1.29 is 13.9 Å². The van der Waals surface area contributed by atoms with Gasteiger partial charge in [-0.1, -0.05) is 0 Å². The monoisotopic (exact) mass is 296 g/mol. The number of amides is 1. The highest BCUT2D eigenvalue weighted by molar-refractivity contribution is 5.91. The van der Waals surface area contributed by atoms with E-state index in [1.807, 2.05) is 6.92 Å². The predicted octanol–water partition coefficient (Wildman–Crippen LogP) is 0.601. The van der Waals surface area contributed by atoms with Crippen molar-refractivity contribution in [1.82, 2.24) is 16.0 Å². The molecule has 0 saturated carbocycles. The normalized spacial score (nSPS) is 11.2. The first kappa shape index (κ1) is 17.0. The maximum atomic E-state index is 11.6. The van der Waals surface area contributed by atoms with Crippen LogP contribution in [0.25, 0.3) is 0 Å². The first-order chi connectivity index (χ1) is 10.3. The van der Waals surface area contributed by atoms with Gasteiger partial charge in [0.1, 0.15) is 0 Å². The minimum Gasteiger partial charge on any atom is -0.459 e. The van der Waals surface area contributed by atoms with Crippen molar-refractivity contribution in [2.75, 3.05) is 39.9 Å². The van der Waals surface area contributed by atoms with Gasteiger partial charge in [0.05, 0.1) is 6.26 Å². The van der Waals surface area contributed by atoms with Gasteiger partial charge in [0.2, 0.25) is 0 Å². The molecule has 0 radical (unpaired) electrons. The molecular formula is C14H24N4O3. The van der Waals surface area contributed by atoms with Gasteiger partial charge in [0, 0.05) is 39.9 Å². The summed E-state index contributed by atoms with van der Waals surface area (Å²) in [4.78, 5) is 15.7. The van der Waals surface area contributed by atoms with Gasteiger partial charge in [-0.15, -0.1) is 0 Å². The molecule has 0 saturated heterocycles. The number of hydrogen-bond acceptors (Lipinski definition) is 4. The number of furan rings is 1. The van der Waals surface area contributed by atoms with Crippen molar-refractivity contribution in [2.45, 2.75) is 13.3 Å². The highest BCUT2D eigenvalue weighted by Gasteiger charge is 2.06. The maximum Gasteiger partial charge on any atom is 0.287 e. The van der Waals surface area contributed by atoms with Crippen LogP contribution in [0.5, 0.6) is 0 Å². The molecule has 0 atom stereocenters. The summed E-state index contributed by atoms with van der Waals surface area (Å²) in [7, 11) is 1.71. The van der Waals surface area contributed by atoms with Gasteiger partial charge in [0.15, 0.2) is 11.7 Å². The minimum absolute atomic E-state index is 0.221. The van der Waals surface area contributed by atoms with E-state index >= 15 is 0 Å². The topological polar surface area (TPSA) is 87.9 Å². The number of aliphatic imine (C=N–C) groups is 1. The molecule has 0 aromatic carbocycles. The lowest BCUT2D eigenvalue weighted by molar-refractivity contribution is 0.0926. The Morgan fingerprint density at radius 3 is 2.71 bits per heavy atom. The molecule has 0 aliphatic carbocycles. The van der Waals surface area contributed by atoms with E-state index in [9.17, 15) is 4.79 Å². The van der Waals surface area contributed by atoms with Gasteiger partial charge >= 0.3 is 0 Å². The first-order valence-electron chi connectivity index (χ1n) is 7.12. The van der Waals surface area contributed by atoms with E-state index in [1.54, 1.807) is 19.2 Å². The molecule has 0 unspecified atom stereocenters. The molecule has 1 heterocycles. The summed E-state index contributed by atoms with van der Waals surface area (Å²) in [5.41, 5.74) is 0. The lowest BCUT2D eigenvalue weighted by Gasteiger charge is -2.12. The summed E-state index contributed by atoms with van der Waals surface area (Å²) in [6.45, 7) is 5.31. The zero-order valence-electron chi connectivity index (χ0n) is 12.6. The zero-order valence-corrected chi connectivity index (χ0v) is 12.6. The smallest absolute Gasteiger partial charge is 0.287 e. The molecule has 3 N–H and O–H groups in total. The third-order valence-electron chi connectivity index (χ3n) is 2.63. The summed E-state index contributed by atoms with van der Waals surface area (Å²) in [6, 6.07) is 3.31. The highest BCUT2D eigenvalue weighted by atomic mass is 16.5. The molecule has 1 amide bonds. The van der Waals surface area contributed by atoms with Crippen LogP contribution in [-0.2, 0) is 4.74 Å². The second-order valence-corrected chi connectivity index (χ2v) is 4.21. The van der Waals surface area contributed by atoms with Crippen molar-refractivity contribution in [3.05, 3.63) is 24.2 Å². The van der Waals surface area contributed by atoms with Gasteiger partial charge in [-0.25, -0.2) is 0 Å². The fourth-order valence-electron chi connectivity index (χ4n) is 1.60. The summed E-state index contributed by atoms with van der Waals surface area (Å²) in [6.07, 6.45) is 2.39. The Labute approximate surface area is 125 Å². The Balaban J connectivity index is 2.08. The second-order valence-electron chi connectivity index (χ2n) is 4.21. The minimum atomic E-state index is -0.221.